The van der Waals surface area contributed by atoms with E-state index >= 15 is 0 Å². The van der Waals surface area contributed by atoms with Gasteiger partial charge in [0.1, 0.15) is 0 Å². The minimum absolute atomic E-state index is 0.722. The molecule has 0 atom stereocenters. The summed E-state index contributed by atoms with van der Waals surface area (Å²) in [5.74, 6) is 0. The van der Waals surface area contributed by atoms with Crippen LogP contribution in [0, 0.1) is 0 Å². The van der Waals surface area contributed by atoms with Crippen LogP contribution in [0.1, 0.15) is 24.2 Å². The van der Waals surface area contributed by atoms with Crippen LogP contribution in [0.15, 0.2) is 30.9 Å². The van der Waals surface area contributed by atoms with Gasteiger partial charge in [-0.05, 0) is 25.0 Å². The molecule has 2 rings (SSSR count). The average Bonchev–Trinajstić information content (AvgIpc) is 3.27. The Balaban J connectivity index is 1.88. The highest BCUT2D eigenvalue weighted by Gasteiger charge is 2.20. The SMILES string of the molecule is C=CCN(CCOC)Cc1cccc(CNC2CC2)n1. The zero-order valence-electron chi connectivity index (χ0n) is 12.3. The number of hydrogen-bond acceptors (Lipinski definition) is 4. The van der Waals surface area contributed by atoms with E-state index in [0.717, 1.165) is 50.2 Å². The predicted octanol–water partition coefficient (Wildman–Crippen LogP) is 1.97. The van der Waals surface area contributed by atoms with Crippen molar-refractivity contribution >= 4 is 0 Å². The fourth-order valence-electron chi connectivity index (χ4n) is 2.12. The van der Waals surface area contributed by atoms with Crippen molar-refractivity contribution in [1.82, 2.24) is 15.2 Å². The van der Waals surface area contributed by atoms with Gasteiger partial charge in [-0.25, -0.2) is 0 Å². The molecule has 1 aromatic heterocycles. The molecule has 1 aliphatic rings. The number of methoxy groups -OCH3 is 1. The van der Waals surface area contributed by atoms with Gasteiger partial charge in [-0.2, -0.15) is 0 Å². The highest BCUT2D eigenvalue weighted by atomic mass is 16.5. The van der Waals surface area contributed by atoms with Gasteiger partial charge in [-0.15, -0.1) is 6.58 Å². The van der Waals surface area contributed by atoms with Gasteiger partial charge in [0.05, 0.1) is 18.0 Å². The van der Waals surface area contributed by atoms with Crippen molar-refractivity contribution in [2.45, 2.75) is 32.0 Å². The second-order valence-corrected chi connectivity index (χ2v) is 5.29. The molecule has 0 aliphatic heterocycles. The summed E-state index contributed by atoms with van der Waals surface area (Å²) in [5.41, 5.74) is 2.23. The van der Waals surface area contributed by atoms with E-state index in [-0.39, 0.29) is 0 Å². The molecule has 0 amide bonds. The molecule has 1 N–H and O–H groups in total. The molecule has 0 aromatic carbocycles. The standard InChI is InChI=1S/C16H25N3O/c1-3-9-19(10-11-20-2)13-16-6-4-5-15(18-16)12-17-14-7-8-14/h3-6,14,17H,1,7-13H2,2H3. The van der Waals surface area contributed by atoms with Crippen molar-refractivity contribution < 1.29 is 4.74 Å². The zero-order chi connectivity index (χ0) is 14.2. The van der Waals surface area contributed by atoms with E-state index in [2.05, 4.69) is 35.0 Å². The molecule has 110 valence electrons. The van der Waals surface area contributed by atoms with Crippen molar-refractivity contribution in [3.8, 4) is 0 Å². The molecule has 4 heteroatoms. The van der Waals surface area contributed by atoms with E-state index in [4.69, 9.17) is 9.72 Å². The Kier molecular flexibility index (Phi) is 6.18. The number of pyridine rings is 1. The van der Waals surface area contributed by atoms with E-state index < -0.39 is 0 Å². The van der Waals surface area contributed by atoms with Crippen LogP contribution in [-0.2, 0) is 17.8 Å². The zero-order valence-corrected chi connectivity index (χ0v) is 12.3. The largest absolute Gasteiger partial charge is 0.383 e. The fraction of sp³-hybridized carbons (Fsp3) is 0.562. The minimum Gasteiger partial charge on any atom is -0.383 e. The van der Waals surface area contributed by atoms with Crippen molar-refractivity contribution in [2.24, 2.45) is 0 Å². The molecular weight excluding hydrogens is 250 g/mol. The number of hydrogen-bond donors (Lipinski definition) is 1. The topological polar surface area (TPSA) is 37.4 Å². The molecule has 1 fully saturated rings. The van der Waals surface area contributed by atoms with Crippen LogP contribution in [0.5, 0.6) is 0 Å². The number of ether oxygens (including phenoxy) is 1. The molecule has 20 heavy (non-hydrogen) atoms. The van der Waals surface area contributed by atoms with Gasteiger partial charge in [-0.1, -0.05) is 12.1 Å². The Hall–Kier alpha value is -1.23. The third-order valence-electron chi connectivity index (χ3n) is 3.40. The molecule has 0 bridgehead atoms. The van der Waals surface area contributed by atoms with Gasteiger partial charge < -0.3 is 10.1 Å². The third-order valence-corrected chi connectivity index (χ3v) is 3.40. The van der Waals surface area contributed by atoms with Crippen molar-refractivity contribution in [3.05, 3.63) is 42.2 Å². The molecule has 1 saturated carbocycles. The van der Waals surface area contributed by atoms with Gasteiger partial charge >= 0.3 is 0 Å². The Bertz CT molecular complexity index is 418. The maximum atomic E-state index is 5.15. The summed E-state index contributed by atoms with van der Waals surface area (Å²) in [6.07, 6.45) is 4.54. The third kappa shape index (κ3) is 5.41. The summed E-state index contributed by atoms with van der Waals surface area (Å²) in [6.45, 7) is 8.01. The van der Waals surface area contributed by atoms with E-state index in [1.807, 2.05) is 6.08 Å². The van der Waals surface area contributed by atoms with E-state index in [0.29, 0.717) is 0 Å². The van der Waals surface area contributed by atoms with Gasteiger partial charge in [0.25, 0.3) is 0 Å². The van der Waals surface area contributed by atoms with Crippen LogP contribution in [-0.4, -0.2) is 42.7 Å². The quantitative estimate of drug-likeness (QED) is 0.663. The van der Waals surface area contributed by atoms with Crippen LogP contribution in [0.3, 0.4) is 0 Å². The highest BCUT2D eigenvalue weighted by Crippen LogP contribution is 2.19. The summed E-state index contributed by atoms with van der Waals surface area (Å²) in [6, 6.07) is 6.99. The minimum atomic E-state index is 0.722. The first-order valence-electron chi connectivity index (χ1n) is 7.32. The lowest BCUT2D eigenvalue weighted by molar-refractivity contribution is 0.150. The highest BCUT2D eigenvalue weighted by molar-refractivity contribution is 5.11. The number of nitrogens with one attached hydrogen (secondary N) is 1. The second-order valence-electron chi connectivity index (χ2n) is 5.29. The predicted molar refractivity (Wildman–Crippen MR) is 81.4 cm³/mol. The van der Waals surface area contributed by atoms with Crippen LogP contribution in [0.2, 0.25) is 0 Å². The van der Waals surface area contributed by atoms with Crippen LogP contribution in [0.25, 0.3) is 0 Å². The molecule has 1 aromatic rings. The first-order chi connectivity index (χ1) is 9.81. The van der Waals surface area contributed by atoms with Gasteiger partial charge in [-0.3, -0.25) is 9.88 Å². The number of nitrogens with zero attached hydrogens (tertiary/aromatic N) is 2. The summed E-state index contributed by atoms with van der Waals surface area (Å²) in [5, 5.41) is 3.50. The number of rotatable bonds is 10. The van der Waals surface area contributed by atoms with Crippen LogP contribution < -0.4 is 5.32 Å². The van der Waals surface area contributed by atoms with Crippen molar-refractivity contribution in [1.29, 1.82) is 0 Å². The summed E-state index contributed by atoms with van der Waals surface area (Å²) >= 11 is 0. The first-order valence-corrected chi connectivity index (χ1v) is 7.32. The Morgan fingerprint density at radius 3 is 2.95 bits per heavy atom. The number of aromatic nitrogens is 1. The lowest BCUT2D eigenvalue weighted by Gasteiger charge is -2.20. The fourth-order valence-corrected chi connectivity index (χ4v) is 2.12. The maximum absolute atomic E-state index is 5.15. The normalized spacial score (nSPS) is 14.7. The van der Waals surface area contributed by atoms with E-state index in [9.17, 15) is 0 Å². The molecule has 0 radical (unpaired) electrons. The molecule has 0 saturated heterocycles. The summed E-state index contributed by atoms with van der Waals surface area (Å²) < 4.78 is 5.15. The Morgan fingerprint density at radius 2 is 2.25 bits per heavy atom. The molecule has 1 aliphatic carbocycles. The first kappa shape index (κ1) is 15.2. The molecular formula is C16H25N3O. The molecule has 1 heterocycles. The molecule has 4 nitrogen and oxygen atoms in total. The van der Waals surface area contributed by atoms with Gasteiger partial charge in [0.15, 0.2) is 0 Å². The summed E-state index contributed by atoms with van der Waals surface area (Å²) in [4.78, 5) is 7.01. The van der Waals surface area contributed by atoms with Crippen LogP contribution >= 0.6 is 0 Å². The second kappa shape index (κ2) is 8.15. The molecule has 0 unspecified atom stereocenters. The lowest BCUT2D eigenvalue weighted by Crippen LogP contribution is -2.27. The molecule has 0 spiro atoms. The van der Waals surface area contributed by atoms with Gasteiger partial charge in [0.2, 0.25) is 0 Å². The van der Waals surface area contributed by atoms with E-state index in [1.165, 1.54) is 12.8 Å². The van der Waals surface area contributed by atoms with Crippen molar-refractivity contribution in [2.75, 3.05) is 26.8 Å². The monoisotopic (exact) mass is 275 g/mol. The lowest BCUT2D eigenvalue weighted by atomic mass is 10.2. The van der Waals surface area contributed by atoms with Crippen molar-refractivity contribution in [3.63, 3.8) is 0 Å². The maximum Gasteiger partial charge on any atom is 0.0589 e. The Morgan fingerprint density at radius 1 is 1.45 bits per heavy atom. The average molecular weight is 275 g/mol. The van der Waals surface area contributed by atoms with Crippen LogP contribution in [0.4, 0.5) is 0 Å². The summed E-state index contributed by atoms with van der Waals surface area (Å²) in [7, 11) is 1.73. The smallest absolute Gasteiger partial charge is 0.0589 e. The van der Waals surface area contributed by atoms with Gasteiger partial charge in [0, 0.05) is 39.3 Å². The Labute approximate surface area is 121 Å². The van der Waals surface area contributed by atoms with E-state index in [1.54, 1.807) is 7.11 Å².